The summed E-state index contributed by atoms with van der Waals surface area (Å²) in [5, 5.41) is 22.3. The number of anilines is 1. The van der Waals surface area contributed by atoms with Crippen molar-refractivity contribution in [1.82, 2.24) is 0 Å². The van der Waals surface area contributed by atoms with Crippen LogP contribution >= 0.6 is 0 Å². The standard InChI is InChI=1S/C17H12FNO5/c1-8-12(20)6-5-11-14(21)13(17(23)24-15(8)11)16(22)19-10-4-2-3-9(18)7-10/h2-7,20-21H,1H3,(H,19,22). The SMILES string of the molecule is Cc1c(O)ccc2c(O)c(C(=O)Nc3cccc(F)c3)c(=O)oc12. The Morgan fingerprint density at radius 1 is 1.21 bits per heavy atom. The van der Waals surface area contributed by atoms with Crippen LogP contribution in [0.15, 0.2) is 45.6 Å². The molecule has 0 fully saturated rings. The van der Waals surface area contributed by atoms with Crippen LogP contribution in [-0.4, -0.2) is 16.1 Å². The van der Waals surface area contributed by atoms with Gasteiger partial charge in [-0.1, -0.05) is 6.07 Å². The maximum atomic E-state index is 13.2. The lowest BCUT2D eigenvalue weighted by atomic mass is 10.1. The first-order chi connectivity index (χ1) is 11.4. The van der Waals surface area contributed by atoms with Crippen molar-refractivity contribution in [2.75, 3.05) is 5.32 Å². The highest BCUT2D eigenvalue weighted by molar-refractivity contribution is 6.08. The summed E-state index contributed by atoms with van der Waals surface area (Å²) in [6.45, 7) is 1.51. The second kappa shape index (κ2) is 5.69. The fraction of sp³-hybridized carbons (Fsp3) is 0.0588. The van der Waals surface area contributed by atoms with Crippen molar-refractivity contribution >= 4 is 22.6 Å². The van der Waals surface area contributed by atoms with Gasteiger partial charge in [0.05, 0.1) is 5.39 Å². The summed E-state index contributed by atoms with van der Waals surface area (Å²) in [5.74, 6) is -2.17. The normalized spacial score (nSPS) is 10.8. The maximum Gasteiger partial charge on any atom is 0.353 e. The van der Waals surface area contributed by atoms with E-state index in [9.17, 15) is 24.2 Å². The lowest BCUT2D eigenvalue weighted by molar-refractivity contribution is 0.102. The van der Waals surface area contributed by atoms with Crippen LogP contribution in [0, 0.1) is 12.7 Å². The molecule has 0 aliphatic rings. The fourth-order valence-corrected chi connectivity index (χ4v) is 2.33. The third-order valence-electron chi connectivity index (χ3n) is 3.58. The Bertz CT molecular complexity index is 1030. The van der Waals surface area contributed by atoms with Gasteiger partial charge in [0.25, 0.3) is 5.91 Å². The second-order valence-corrected chi connectivity index (χ2v) is 5.16. The predicted molar refractivity (Wildman–Crippen MR) is 84.9 cm³/mol. The molecule has 0 atom stereocenters. The molecule has 122 valence electrons. The largest absolute Gasteiger partial charge is 0.508 e. The zero-order valence-electron chi connectivity index (χ0n) is 12.5. The third-order valence-corrected chi connectivity index (χ3v) is 3.58. The van der Waals surface area contributed by atoms with Crippen molar-refractivity contribution < 1.29 is 23.8 Å². The van der Waals surface area contributed by atoms with Crippen LogP contribution in [0.2, 0.25) is 0 Å². The minimum Gasteiger partial charge on any atom is -0.508 e. The van der Waals surface area contributed by atoms with Gasteiger partial charge in [-0.25, -0.2) is 9.18 Å². The Morgan fingerprint density at radius 2 is 1.96 bits per heavy atom. The number of aryl methyl sites for hydroxylation is 1. The summed E-state index contributed by atoms with van der Waals surface area (Å²) in [6, 6.07) is 7.73. The molecule has 0 bridgehead atoms. The molecule has 0 spiro atoms. The molecule has 1 aromatic heterocycles. The van der Waals surface area contributed by atoms with Gasteiger partial charge in [-0.15, -0.1) is 0 Å². The molecule has 0 aliphatic carbocycles. The van der Waals surface area contributed by atoms with Gasteiger partial charge < -0.3 is 19.9 Å². The summed E-state index contributed by atoms with van der Waals surface area (Å²) in [5.41, 5.74) is -1.29. The molecule has 6 nitrogen and oxygen atoms in total. The van der Waals surface area contributed by atoms with Crippen LogP contribution in [0.4, 0.5) is 10.1 Å². The van der Waals surface area contributed by atoms with Crippen molar-refractivity contribution in [3.63, 3.8) is 0 Å². The van der Waals surface area contributed by atoms with Crippen LogP contribution in [-0.2, 0) is 0 Å². The van der Waals surface area contributed by atoms with E-state index in [4.69, 9.17) is 4.42 Å². The molecule has 0 unspecified atom stereocenters. The highest BCUT2D eigenvalue weighted by Gasteiger charge is 2.22. The number of rotatable bonds is 2. The summed E-state index contributed by atoms with van der Waals surface area (Å²) in [7, 11) is 0. The van der Waals surface area contributed by atoms with Crippen LogP contribution in [0.1, 0.15) is 15.9 Å². The molecule has 3 aromatic rings. The van der Waals surface area contributed by atoms with Gasteiger partial charge in [-0.2, -0.15) is 0 Å². The minimum absolute atomic E-state index is 0.0141. The third kappa shape index (κ3) is 2.56. The monoisotopic (exact) mass is 329 g/mol. The fourth-order valence-electron chi connectivity index (χ4n) is 2.33. The lowest BCUT2D eigenvalue weighted by Crippen LogP contribution is -2.21. The summed E-state index contributed by atoms with van der Waals surface area (Å²) in [6.07, 6.45) is 0. The zero-order valence-corrected chi connectivity index (χ0v) is 12.5. The number of phenolic OH excluding ortho intramolecular Hbond substituents is 1. The van der Waals surface area contributed by atoms with E-state index in [-0.39, 0.29) is 28.0 Å². The second-order valence-electron chi connectivity index (χ2n) is 5.16. The topological polar surface area (TPSA) is 99.8 Å². The Kier molecular flexibility index (Phi) is 3.69. The Labute approximate surface area is 134 Å². The predicted octanol–water partition coefficient (Wildman–Crippen LogP) is 2.90. The molecule has 3 rings (SSSR count). The maximum absolute atomic E-state index is 13.2. The molecule has 0 aliphatic heterocycles. The quantitative estimate of drug-likeness (QED) is 0.628. The molecule has 1 amide bonds. The van der Waals surface area contributed by atoms with Crippen LogP contribution in [0.3, 0.4) is 0 Å². The van der Waals surface area contributed by atoms with Crippen molar-refractivity contribution in [1.29, 1.82) is 0 Å². The van der Waals surface area contributed by atoms with E-state index in [1.165, 1.54) is 37.3 Å². The summed E-state index contributed by atoms with van der Waals surface area (Å²) >= 11 is 0. The summed E-state index contributed by atoms with van der Waals surface area (Å²) < 4.78 is 18.2. The van der Waals surface area contributed by atoms with Crippen molar-refractivity contribution in [2.45, 2.75) is 6.92 Å². The molecule has 2 aromatic carbocycles. The Morgan fingerprint density at radius 3 is 2.67 bits per heavy atom. The minimum atomic E-state index is -1.07. The summed E-state index contributed by atoms with van der Waals surface area (Å²) in [4.78, 5) is 24.3. The van der Waals surface area contributed by atoms with Gasteiger partial charge in [-0.3, -0.25) is 4.79 Å². The molecule has 24 heavy (non-hydrogen) atoms. The number of phenols is 1. The molecule has 7 heteroatoms. The van der Waals surface area contributed by atoms with Gasteiger partial charge in [0.2, 0.25) is 0 Å². The van der Waals surface area contributed by atoms with E-state index >= 15 is 0 Å². The first kappa shape index (κ1) is 15.5. The molecule has 0 saturated heterocycles. The number of amides is 1. The number of benzene rings is 2. The number of carbonyl (C=O) groups excluding carboxylic acids is 1. The Hall–Kier alpha value is -3.35. The molecule has 0 radical (unpaired) electrons. The number of hydrogen-bond donors (Lipinski definition) is 3. The van der Waals surface area contributed by atoms with E-state index in [1.54, 1.807) is 0 Å². The van der Waals surface area contributed by atoms with Crippen LogP contribution in [0.25, 0.3) is 11.0 Å². The van der Waals surface area contributed by atoms with Crippen molar-refractivity contribution in [3.8, 4) is 11.5 Å². The van der Waals surface area contributed by atoms with E-state index in [1.807, 2.05) is 0 Å². The number of fused-ring (bicyclic) bond motifs is 1. The highest BCUT2D eigenvalue weighted by Crippen LogP contribution is 2.32. The molecular weight excluding hydrogens is 317 g/mol. The molecule has 0 saturated carbocycles. The van der Waals surface area contributed by atoms with E-state index in [0.29, 0.717) is 0 Å². The number of halogens is 1. The number of hydrogen-bond acceptors (Lipinski definition) is 5. The number of nitrogens with one attached hydrogen (secondary N) is 1. The first-order valence-corrected chi connectivity index (χ1v) is 6.93. The molecule has 1 heterocycles. The zero-order chi connectivity index (χ0) is 17.4. The highest BCUT2D eigenvalue weighted by atomic mass is 19.1. The van der Waals surface area contributed by atoms with E-state index < -0.39 is 28.7 Å². The van der Waals surface area contributed by atoms with Gasteiger partial charge in [0.1, 0.15) is 22.9 Å². The average molecular weight is 329 g/mol. The first-order valence-electron chi connectivity index (χ1n) is 6.93. The van der Waals surface area contributed by atoms with Crippen LogP contribution in [0.5, 0.6) is 11.5 Å². The van der Waals surface area contributed by atoms with E-state index in [0.717, 1.165) is 6.07 Å². The van der Waals surface area contributed by atoms with Gasteiger partial charge in [0.15, 0.2) is 5.56 Å². The smallest absolute Gasteiger partial charge is 0.353 e. The van der Waals surface area contributed by atoms with Crippen molar-refractivity contribution in [2.24, 2.45) is 0 Å². The number of carbonyl (C=O) groups is 1. The van der Waals surface area contributed by atoms with Crippen LogP contribution < -0.4 is 10.9 Å². The molecule has 3 N–H and O–H groups in total. The van der Waals surface area contributed by atoms with Gasteiger partial charge in [-0.05, 0) is 37.3 Å². The lowest BCUT2D eigenvalue weighted by Gasteiger charge is -2.09. The number of aromatic hydroxyl groups is 2. The van der Waals surface area contributed by atoms with Crippen molar-refractivity contribution in [3.05, 3.63) is 63.8 Å². The van der Waals surface area contributed by atoms with Gasteiger partial charge in [0, 0.05) is 11.3 Å². The Balaban J connectivity index is 2.11. The average Bonchev–Trinajstić information content (AvgIpc) is 2.51. The molecular formula is C17H12FNO5. The van der Waals surface area contributed by atoms with Gasteiger partial charge >= 0.3 is 5.63 Å². The van der Waals surface area contributed by atoms with E-state index in [2.05, 4.69) is 5.32 Å².